The van der Waals surface area contributed by atoms with Crippen LogP contribution in [0.3, 0.4) is 0 Å². The molecule has 2 unspecified atom stereocenters. The maximum atomic E-state index is 11.4. The molecule has 1 saturated heterocycles. The highest BCUT2D eigenvalue weighted by Gasteiger charge is 2.34. The Morgan fingerprint density at radius 1 is 1.53 bits per heavy atom. The third-order valence-electron chi connectivity index (χ3n) is 3.01. The molecule has 4 heteroatoms. The molecule has 1 aliphatic rings. The summed E-state index contributed by atoms with van der Waals surface area (Å²) in [5.74, 6) is 1.68. The molecule has 15 heavy (non-hydrogen) atoms. The van der Waals surface area contributed by atoms with Gasteiger partial charge in [-0.3, -0.25) is 4.79 Å². The summed E-state index contributed by atoms with van der Waals surface area (Å²) in [5, 5.41) is 0. The maximum Gasteiger partial charge on any atom is 0.310 e. The molecule has 1 fully saturated rings. The van der Waals surface area contributed by atoms with Gasteiger partial charge < -0.3 is 9.64 Å². The van der Waals surface area contributed by atoms with Crippen LogP contribution in [0, 0.1) is 11.8 Å². The average Bonchev–Trinajstić information content (AvgIpc) is 2.59. The van der Waals surface area contributed by atoms with Gasteiger partial charge in [0.05, 0.1) is 13.0 Å². The van der Waals surface area contributed by atoms with E-state index in [4.69, 9.17) is 4.74 Å². The molecule has 1 rings (SSSR count). The van der Waals surface area contributed by atoms with Crippen LogP contribution < -0.4 is 0 Å². The number of hydrogen-bond donors (Lipinski definition) is 0. The second kappa shape index (κ2) is 6.38. The van der Waals surface area contributed by atoms with E-state index in [-0.39, 0.29) is 11.9 Å². The van der Waals surface area contributed by atoms with Gasteiger partial charge in [0.2, 0.25) is 0 Å². The fraction of sp³-hybridized carbons (Fsp3) is 0.909. The molecule has 0 aliphatic carbocycles. The summed E-state index contributed by atoms with van der Waals surface area (Å²) < 4.78 is 4.81. The standard InChI is InChI=1S/C11H21NO2S/c1-9-7-12(5-4-6-15-3)8-10(9)11(13)14-2/h9-10H,4-8H2,1-3H3. The van der Waals surface area contributed by atoms with Crippen LogP contribution in [0.1, 0.15) is 13.3 Å². The van der Waals surface area contributed by atoms with Gasteiger partial charge >= 0.3 is 5.97 Å². The van der Waals surface area contributed by atoms with Crippen LogP contribution in [-0.2, 0) is 9.53 Å². The van der Waals surface area contributed by atoms with Crippen molar-refractivity contribution in [3.63, 3.8) is 0 Å². The fourth-order valence-corrected chi connectivity index (χ4v) is 2.56. The number of carbonyl (C=O) groups is 1. The Morgan fingerprint density at radius 3 is 2.87 bits per heavy atom. The zero-order valence-corrected chi connectivity index (χ0v) is 10.7. The predicted molar refractivity (Wildman–Crippen MR) is 64.1 cm³/mol. The van der Waals surface area contributed by atoms with Crippen LogP contribution in [0.15, 0.2) is 0 Å². The number of ether oxygens (including phenoxy) is 1. The van der Waals surface area contributed by atoms with Gasteiger partial charge in [-0.2, -0.15) is 11.8 Å². The van der Waals surface area contributed by atoms with Crippen molar-refractivity contribution in [1.82, 2.24) is 4.90 Å². The Labute approximate surface area is 96.5 Å². The van der Waals surface area contributed by atoms with Crippen molar-refractivity contribution >= 4 is 17.7 Å². The quantitative estimate of drug-likeness (QED) is 0.529. The SMILES string of the molecule is COC(=O)C1CN(CCCSC)CC1C. The minimum Gasteiger partial charge on any atom is -0.469 e. The van der Waals surface area contributed by atoms with Crippen molar-refractivity contribution in [2.24, 2.45) is 11.8 Å². The van der Waals surface area contributed by atoms with Crippen LogP contribution >= 0.6 is 11.8 Å². The second-order valence-electron chi connectivity index (χ2n) is 4.21. The highest BCUT2D eigenvalue weighted by Crippen LogP contribution is 2.24. The average molecular weight is 231 g/mol. The number of esters is 1. The smallest absolute Gasteiger partial charge is 0.310 e. The molecule has 0 aromatic carbocycles. The fourth-order valence-electron chi connectivity index (χ4n) is 2.14. The lowest BCUT2D eigenvalue weighted by Gasteiger charge is -2.14. The molecule has 1 heterocycles. The highest BCUT2D eigenvalue weighted by molar-refractivity contribution is 7.98. The lowest BCUT2D eigenvalue weighted by molar-refractivity contribution is -0.146. The molecule has 0 N–H and O–H groups in total. The van der Waals surface area contributed by atoms with E-state index < -0.39 is 0 Å². The van der Waals surface area contributed by atoms with Crippen molar-refractivity contribution in [2.75, 3.05) is 38.8 Å². The van der Waals surface area contributed by atoms with Crippen molar-refractivity contribution in [3.05, 3.63) is 0 Å². The van der Waals surface area contributed by atoms with Gasteiger partial charge in [0, 0.05) is 13.1 Å². The topological polar surface area (TPSA) is 29.5 Å². The molecule has 88 valence electrons. The molecule has 0 radical (unpaired) electrons. The van der Waals surface area contributed by atoms with Gasteiger partial charge in [-0.25, -0.2) is 0 Å². The Morgan fingerprint density at radius 2 is 2.27 bits per heavy atom. The van der Waals surface area contributed by atoms with Gasteiger partial charge in [-0.1, -0.05) is 6.92 Å². The molecule has 0 bridgehead atoms. The van der Waals surface area contributed by atoms with Crippen molar-refractivity contribution in [2.45, 2.75) is 13.3 Å². The Kier molecular flexibility index (Phi) is 5.47. The van der Waals surface area contributed by atoms with E-state index in [0.29, 0.717) is 5.92 Å². The Hall–Kier alpha value is -0.220. The van der Waals surface area contributed by atoms with Crippen LogP contribution in [0.5, 0.6) is 0 Å². The van der Waals surface area contributed by atoms with E-state index in [2.05, 4.69) is 18.1 Å². The van der Waals surface area contributed by atoms with E-state index in [9.17, 15) is 4.79 Å². The first-order chi connectivity index (χ1) is 7.19. The summed E-state index contributed by atoms with van der Waals surface area (Å²) >= 11 is 1.88. The maximum absolute atomic E-state index is 11.4. The number of methoxy groups -OCH3 is 1. The van der Waals surface area contributed by atoms with Crippen molar-refractivity contribution < 1.29 is 9.53 Å². The number of hydrogen-bond acceptors (Lipinski definition) is 4. The third kappa shape index (κ3) is 3.68. The van der Waals surface area contributed by atoms with E-state index in [0.717, 1.165) is 19.6 Å². The van der Waals surface area contributed by atoms with Gasteiger partial charge in [0.25, 0.3) is 0 Å². The lowest BCUT2D eigenvalue weighted by atomic mass is 9.99. The van der Waals surface area contributed by atoms with Crippen LogP contribution in [0.4, 0.5) is 0 Å². The second-order valence-corrected chi connectivity index (χ2v) is 5.20. The third-order valence-corrected chi connectivity index (χ3v) is 3.71. The first kappa shape index (κ1) is 12.8. The van der Waals surface area contributed by atoms with Crippen molar-refractivity contribution in [3.8, 4) is 0 Å². The Balaban J connectivity index is 2.31. The molecule has 3 nitrogen and oxygen atoms in total. The van der Waals surface area contributed by atoms with Crippen LogP contribution in [0.25, 0.3) is 0 Å². The number of rotatable bonds is 5. The molecule has 0 spiro atoms. The van der Waals surface area contributed by atoms with Gasteiger partial charge in [-0.15, -0.1) is 0 Å². The highest BCUT2D eigenvalue weighted by atomic mass is 32.2. The predicted octanol–water partition coefficient (Wildman–Crippen LogP) is 1.48. The first-order valence-electron chi connectivity index (χ1n) is 5.48. The number of thioether (sulfide) groups is 1. The van der Waals surface area contributed by atoms with E-state index in [1.54, 1.807) is 0 Å². The van der Waals surface area contributed by atoms with Crippen LogP contribution in [-0.4, -0.2) is 49.6 Å². The van der Waals surface area contributed by atoms with Crippen molar-refractivity contribution in [1.29, 1.82) is 0 Å². The van der Waals surface area contributed by atoms with E-state index in [1.165, 1.54) is 19.3 Å². The summed E-state index contributed by atoms with van der Waals surface area (Å²) in [7, 11) is 1.48. The zero-order valence-electron chi connectivity index (χ0n) is 9.86. The molecule has 0 aromatic heterocycles. The molecule has 0 aromatic rings. The summed E-state index contributed by atoms with van der Waals surface area (Å²) in [5.41, 5.74) is 0. The lowest BCUT2D eigenvalue weighted by Crippen LogP contribution is -2.25. The molecular formula is C11H21NO2S. The number of carbonyl (C=O) groups excluding carboxylic acids is 1. The minimum absolute atomic E-state index is 0.0464. The van der Waals surface area contributed by atoms with Gasteiger partial charge in [-0.05, 0) is 30.9 Å². The van der Waals surface area contributed by atoms with Crippen LogP contribution in [0.2, 0.25) is 0 Å². The summed E-state index contributed by atoms with van der Waals surface area (Å²) in [6.45, 7) is 5.16. The molecule has 2 atom stereocenters. The molecule has 1 aliphatic heterocycles. The first-order valence-corrected chi connectivity index (χ1v) is 6.87. The summed E-state index contributed by atoms with van der Waals surface area (Å²) in [4.78, 5) is 13.8. The number of nitrogens with zero attached hydrogens (tertiary/aromatic N) is 1. The Bertz CT molecular complexity index is 211. The zero-order chi connectivity index (χ0) is 11.3. The molecule has 0 amide bonds. The van der Waals surface area contributed by atoms with E-state index >= 15 is 0 Å². The molecular weight excluding hydrogens is 210 g/mol. The minimum atomic E-state index is -0.0464. The van der Waals surface area contributed by atoms with Gasteiger partial charge in [0.15, 0.2) is 0 Å². The van der Waals surface area contributed by atoms with Gasteiger partial charge in [0.1, 0.15) is 0 Å². The normalized spacial score (nSPS) is 26.9. The summed E-state index contributed by atoms with van der Waals surface area (Å²) in [6, 6.07) is 0. The molecule has 0 saturated carbocycles. The largest absolute Gasteiger partial charge is 0.469 e. The monoisotopic (exact) mass is 231 g/mol. The number of likely N-dealkylation sites (tertiary alicyclic amines) is 1. The summed E-state index contributed by atoms with van der Waals surface area (Å²) in [6.07, 6.45) is 3.34. The van der Waals surface area contributed by atoms with E-state index in [1.807, 2.05) is 11.8 Å².